The number of unbranched alkanes of at least 4 members (excludes halogenated alkanes) is 1. The van der Waals surface area contributed by atoms with Crippen LogP contribution in [0.2, 0.25) is 0 Å². The fourth-order valence-electron chi connectivity index (χ4n) is 2.24. The molecule has 1 atom stereocenters. The average molecular weight is 243 g/mol. The van der Waals surface area contributed by atoms with E-state index in [0.29, 0.717) is 12.5 Å². The van der Waals surface area contributed by atoms with Gasteiger partial charge in [0.15, 0.2) is 0 Å². The highest BCUT2D eigenvalue weighted by molar-refractivity contribution is 5.67. The van der Waals surface area contributed by atoms with E-state index in [2.05, 4.69) is 6.92 Å². The second-order valence-corrected chi connectivity index (χ2v) is 4.79. The van der Waals surface area contributed by atoms with Gasteiger partial charge in [-0.15, -0.1) is 0 Å². The number of likely N-dealkylation sites (tertiary alicyclic amines) is 1. The topological polar surface area (TPSA) is 49.8 Å². The molecule has 1 aliphatic rings. The van der Waals surface area contributed by atoms with Gasteiger partial charge in [0.05, 0.1) is 6.61 Å². The Morgan fingerprint density at radius 1 is 1.47 bits per heavy atom. The van der Waals surface area contributed by atoms with Gasteiger partial charge in [0, 0.05) is 19.7 Å². The lowest BCUT2D eigenvalue weighted by Crippen LogP contribution is -2.40. The van der Waals surface area contributed by atoms with E-state index in [4.69, 9.17) is 9.84 Å². The number of aliphatic hydroxyl groups excluding tert-OH is 1. The summed E-state index contributed by atoms with van der Waals surface area (Å²) in [7, 11) is 0. The highest BCUT2D eigenvalue weighted by Gasteiger charge is 2.23. The molecule has 1 saturated heterocycles. The maximum absolute atomic E-state index is 11.7. The van der Waals surface area contributed by atoms with Crippen LogP contribution in [0.5, 0.6) is 0 Å². The Morgan fingerprint density at radius 3 is 3.00 bits per heavy atom. The first-order valence-electron chi connectivity index (χ1n) is 6.80. The normalized spacial score (nSPS) is 20.4. The zero-order valence-electron chi connectivity index (χ0n) is 10.9. The zero-order chi connectivity index (χ0) is 12.5. The fourth-order valence-corrected chi connectivity index (χ4v) is 2.24. The lowest BCUT2D eigenvalue weighted by Gasteiger charge is -2.32. The third kappa shape index (κ3) is 5.39. The highest BCUT2D eigenvalue weighted by atomic mass is 16.6. The summed E-state index contributed by atoms with van der Waals surface area (Å²) in [6.07, 6.45) is 5.89. The second kappa shape index (κ2) is 8.34. The molecular formula is C13H25NO3. The molecule has 0 bridgehead atoms. The van der Waals surface area contributed by atoms with Crippen LogP contribution in [0.3, 0.4) is 0 Å². The van der Waals surface area contributed by atoms with Crippen molar-refractivity contribution in [2.24, 2.45) is 5.92 Å². The molecule has 0 aromatic heterocycles. The summed E-state index contributed by atoms with van der Waals surface area (Å²) >= 11 is 0. The van der Waals surface area contributed by atoms with Crippen molar-refractivity contribution in [2.45, 2.75) is 45.4 Å². The van der Waals surface area contributed by atoms with E-state index in [1.807, 2.05) is 4.90 Å². The van der Waals surface area contributed by atoms with Gasteiger partial charge in [-0.05, 0) is 38.0 Å². The van der Waals surface area contributed by atoms with Gasteiger partial charge in [-0.1, -0.05) is 13.3 Å². The predicted octanol–water partition coefficient (Wildman–Crippen LogP) is 2.41. The molecule has 17 heavy (non-hydrogen) atoms. The minimum Gasteiger partial charge on any atom is -0.449 e. The van der Waals surface area contributed by atoms with Gasteiger partial charge in [0.2, 0.25) is 0 Å². The smallest absolute Gasteiger partial charge is 0.409 e. The lowest BCUT2D eigenvalue weighted by molar-refractivity contribution is 0.0812. The molecule has 0 aromatic rings. The first-order chi connectivity index (χ1) is 8.27. The monoisotopic (exact) mass is 243 g/mol. The summed E-state index contributed by atoms with van der Waals surface area (Å²) in [5, 5.41) is 8.81. The molecule has 1 amide bonds. The van der Waals surface area contributed by atoms with E-state index in [0.717, 1.165) is 45.2 Å². The molecule has 0 radical (unpaired) electrons. The molecule has 100 valence electrons. The van der Waals surface area contributed by atoms with Crippen LogP contribution in [-0.2, 0) is 4.74 Å². The van der Waals surface area contributed by atoms with Gasteiger partial charge in [-0.2, -0.15) is 0 Å². The summed E-state index contributed by atoms with van der Waals surface area (Å²) in [4.78, 5) is 13.6. The van der Waals surface area contributed by atoms with Crippen LogP contribution in [0, 0.1) is 5.92 Å². The van der Waals surface area contributed by atoms with Crippen molar-refractivity contribution in [3.63, 3.8) is 0 Å². The third-order valence-corrected chi connectivity index (χ3v) is 3.27. The van der Waals surface area contributed by atoms with Crippen LogP contribution >= 0.6 is 0 Å². The molecule has 1 heterocycles. The number of hydrogen-bond donors (Lipinski definition) is 1. The minimum atomic E-state index is -0.160. The van der Waals surface area contributed by atoms with Crippen LogP contribution < -0.4 is 0 Å². The van der Waals surface area contributed by atoms with Crippen molar-refractivity contribution in [3.8, 4) is 0 Å². The summed E-state index contributed by atoms with van der Waals surface area (Å²) in [5.41, 5.74) is 0. The highest BCUT2D eigenvalue weighted by Crippen LogP contribution is 2.21. The molecule has 1 N–H and O–H groups in total. The molecule has 0 aliphatic carbocycles. The van der Waals surface area contributed by atoms with E-state index >= 15 is 0 Å². The van der Waals surface area contributed by atoms with Gasteiger partial charge < -0.3 is 14.7 Å². The van der Waals surface area contributed by atoms with Crippen molar-refractivity contribution in [1.29, 1.82) is 0 Å². The summed E-state index contributed by atoms with van der Waals surface area (Å²) in [6, 6.07) is 0. The van der Waals surface area contributed by atoms with E-state index in [1.165, 1.54) is 6.42 Å². The fraction of sp³-hybridized carbons (Fsp3) is 0.923. The van der Waals surface area contributed by atoms with Crippen molar-refractivity contribution in [1.82, 2.24) is 4.90 Å². The minimum absolute atomic E-state index is 0.160. The number of carbonyl (C=O) groups excluding carboxylic acids is 1. The maximum atomic E-state index is 11.7. The first kappa shape index (κ1) is 14.3. The molecular weight excluding hydrogens is 218 g/mol. The molecule has 1 aliphatic heterocycles. The summed E-state index contributed by atoms with van der Waals surface area (Å²) < 4.78 is 5.21. The molecule has 0 saturated carbocycles. The van der Waals surface area contributed by atoms with Crippen LogP contribution in [-0.4, -0.2) is 42.4 Å². The van der Waals surface area contributed by atoms with Crippen molar-refractivity contribution < 1.29 is 14.6 Å². The number of rotatable bonds is 6. The van der Waals surface area contributed by atoms with Gasteiger partial charge in [-0.3, -0.25) is 0 Å². The Hall–Kier alpha value is -0.770. The number of nitrogens with zero attached hydrogens (tertiary/aromatic N) is 1. The Morgan fingerprint density at radius 2 is 2.29 bits per heavy atom. The molecule has 0 aromatic carbocycles. The predicted molar refractivity (Wildman–Crippen MR) is 66.9 cm³/mol. The Bertz CT molecular complexity index is 221. The average Bonchev–Trinajstić information content (AvgIpc) is 2.37. The number of aliphatic hydroxyl groups is 1. The number of ether oxygens (including phenoxy) is 1. The second-order valence-electron chi connectivity index (χ2n) is 4.79. The van der Waals surface area contributed by atoms with E-state index in [9.17, 15) is 4.79 Å². The number of carbonyl (C=O) groups is 1. The van der Waals surface area contributed by atoms with Crippen LogP contribution in [0.1, 0.15) is 45.4 Å². The van der Waals surface area contributed by atoms with Crippen molar-refractivity contribution in [3.05, 3.63) is 0 Å². The first-order valence-corrected chi connectivity index (χ1v) is 6.80. The quantitative estimate of drug-likeness (QED) is 0.729. The van der Waals surface area contributed by atoms with Crippen molar-refractivity contribution in [2.75, 3.05) is 26.3 Å². The van der Waals surface area contributed by atoms with Gasteiger partial charge in [0.25, 0.3) is 0 Å². The number of hydrogen-bond acceptors (Lipinski definition) is 3. The van der Waals surface area contributed by atoms with Crippen LogP contribution in [0.25, 0.3) is 0 Å². The SMILES string of the molecule is CCCCOC(=O)N1CCC[C@@H](CCCO)C1. The largest absolute Gasteiger partial charge is 0.449 e. The number of piperidine rings is 1. The molecule has 4 heteroatoms. The van der Waals surface area contributed by atoms with Gasteiger partial charge >= 0.3 is 6.09 Å². The van der Waals surface area contributed by atoms with Crippen LogP contribution in [0.15, 0.2) is 0 Å². The summed E-state index contributed by atoms with van der Waals surface area (Å²) in [6.45, 7) is 4.48. The molecule has 1 rings (SSSR count). The molecule has 0 spiro atoms. The Balaban J connectivity index is 2.25. The van der Waals surface area contributed by atoms with Crippen LogP contribution in [0.4, 0.5) is 4.79 Å². The number of amides is 1. The molecule has 4 nitrogen and oxygen atoms in total. The van der Waals surface area contributed by atoms with E-state index < -0.39 is 0 Å². The standard InChI is InChI=1S/C13H25NO3/c1-2-3-10-17-13(16)14-8-4-6-12(11-14)7-5-9-15/h12,15H,2-11H2,1H3/t12-/m0/s1. The Kier molecular flexibility index (Phi) is 7.01. The molecule has 1 fully saturated rings. The van der Waals surface area contributed by atoms with E-state index in [-0.39, 0.29) is 12.7 Å². The summed E-state index contributed by atoms with van der Waals surface area (Å²) in [5.74, 6) is 0.537. The van der Waals surface area contributed by atoms with E-state index in [1.54, 1.807) is 0 Å². The zero-order valence-corrected chi connectivity index (χ0v) is 10.9. The van der Waals surface area contributed by atoms with Crippen molar-refractivity contribution >= 4 is 6.09 Å². The lowest BCUT2D eigenvalue weighted by atomic mass is 9.94. The molecule has 0 unspecified atom stereocenters. The van der Waals surface area contributed by atoms with Gasteiger partial charge in [-0.25, -0.2) is 4.79 Å². The Labute approximate surface area is 104 Å². The maximum Gasteiger partial charge on any atom is 0.409 e. The van der Waals surface area contributed by atoms with Gasteiger partial charge in [0.1, 0.15) is 0 Å². The third-order valence-electron chi connectivity index (χ3n) is 3.27.